The van der Waals surface area contributed by atoms with E-state index in [9.17, 15) is 23.2 Å². The third kappa shape index (κ3) is 5.66. The molecule has 0 bridgehead atoms. The summed E-state index contributed by atoms with van der Waals surface area (Å²) in [5.41, 5.74) is 8.83. The Morgan fingerprint density at radius 2 is 1.74 bits per heavy atom. The van der Waals surface area contributed by atoms with Gasteiger partial charge >= 0.3 is 0 Å². The number of alkyl halides is 2. The Morgan fingerprint density at radius 1 is 1.02 bits per heavy atom. The first-order valence-corrected chi connectivity index (χ1v) is 15.8. The van der Waals surface area contributed by atoms with Gasteiger partial charge in [-0.15, -0.1) is 11.3 Å². The number of nitrogens with zero attached hydrogens (tertiary/aromatic N) is 1. The number of hydrogen-bond donors (Lipinski definition) is 4. The number of amides is 3. The van der Waals surface area contributed by atoms with Gasteiger partial charge in [0, 0.05) is 45.0 Å². The number of carbonyl (C=O) groups is 3. The summed E-state index contributed by atoms with van der Waals surface area (Å²) in [5, 5.41) is 15.1. The zero-order valence-electron chi connectivity index (χ0n) is 25.3. The van der Waals surface area contributed by atoms with Crippen LogP contribution in [0, 0.1) is 12.3 Å². The molecule has 3 aromatic carbocycles. The number of benzene rings is 3. The Kier molecular flexibility index (Phi) is 8.20. The van der Waals surface area contributed by atoms with Crippen LogP contribution in [0.25, 0.3) is 11.1 Å². The Labute approximate surface area is 269 Å². The van der Waals surface area contributed by atoms with E-state index in [1.54, 1.807) is 29.6 Å². The molecule has 1 aliphatic carbocycles. The zero-order valence-corrected chi connectivity index (χ0v) is 26.1. The largest absolute Gasteiger partial charge is 0.384 e. The molecule has 6 rings (SSSR count). The van der Waals surface area contributed by atoms with Gasteiger partial charge in [-0.1, -0.05) is 54.6 Å². The number of aryl methyl sites for hydroxylation is 1. The Morgan fingerprint density at radius 3 is 2.48 bits per heavy atom. The number of nitrogen functional groups attached to an aromatic ring is 1. The average Bonchev–Trinajstić information content (AvgIpc) is 3.77. The Balaban J connectivity index is 1.18. The van der Waals surface area contributed by atoms with Gasteiger partial charge in [-0.2, -0.15) is 8.78 Å². The molecular weight excluding hydrogens is 608 g/mol. The molecule has 0 spiro atoms. The lowest BCUT2D eigenvalue weighted by Crippen LogP contribution is -2.49. The Bertz CT molecular complexity index is 1870. The highest BCUT2D eigenvalue weighted by Crippen LogP contribution is 2.51. The second-order valence-electron chi connectivity index (χ2n) is 11.8. The maximum Gasteiger partial charge on any atom is 0.299 e. The van der Waals surface area contributed by atoms with Crippen molar-refractivity contribution in [3.8, 4) is 11.1 Å². The van der Waals surface area contributed by atoms with Gasteiger partial charge in [0.05, 0.1) is 12.6 Å². The van der Waals surface area contributed by atoms with Gasteiger partial charge in [-0.05, 0) is 60.7 Å². The number of amidine groups is 1. The standard InChI is InChI=1S/C35H33F2N5O3S/c1-19-7-3-4-8-24(19)22-14-29(34(45)41-20(2)30-15-23(18-46-30)32(38)39)42(17-22)31(43)16-40-33(44)21-11-12-28-26(13-21)25-9-5-6-10-27(25)35(28,36)37/h3-13,15,18,20,22,29H,14,16-17H2,1-2H3,(H3,38,39)(H,40,44)(H,41,45)/t20-,22?,29?/m1/s1. The summed E-state index contributed by atoms with van der Waals surface area (Å²) >= 11 is 1.38. The van der Waals surface area contributed by atoms with E-state index in [4.69, 9.17) is 11.1 Å². The Hall–Kier alpha value is -4.90. The van der Waals surface area contributed by atoms with Gasteiger partial charge in [-0.25, -0.2) is 0 Å². The summed E-state index contributed by atoms with van der Waals surface area (Å²) < 4.78 is 30.0. The van der Waals surface area contributed by atoms with E-state index < -0.39 is 23.8 Å². The van der Waals surface area contributed by atoms with E-state index in [0.717, 1.165) is 16.0 Å². The third-order valence-corrected chi connectivity index (χ3v) is 9.96. The summed E-state index contributed by atoms with van der Waals surface area (Å²) in [4.78, 5) is 42.8. The normalized spacial score (nSPS) is 18.4. The lowest BCUT2D eigenvalue weighted by molar-refractivity contribution is -0.137. The van der Waals surface area contributed by atoms with Crippen molar-refractivity contribution in [2.45, 2.75) is 44.2 Å². The molecular formula is C35H33F2N5O3S. The van der Waals surface area contributed by atoms with Gasteiger partial charge in [0.25, 0.3) is 11.8 Å². The van der Waals surface area contributed by atoms with Crippen molar-refractivity contribution in [2.24, 2.45) is 5.73 Å². The number of nitrogens with one attached hydrogen (secondary N) is 3. The second-order valence-corrected chi connectivity index (χ2v) is 12.7. The van der Waals surface area contributed by atoms with E-state index in [1.807, 2.05) is 38.1 Å². The lowest BCUT2D eigenvalue weighted by atomic mass is 9.92. The van der Waals surface area contributed by atoms with Gasteiger partial charge in [0.15, 0.2) is 0 Å². The molecule has 0 saturated carbocycles. The minimum absolute atomic E-state index is 0.0562. The molecule has 1 fully saturated rings. The molecule has 236 valence electrons. The number of hydrogen-bond acceptors (Lipinski definition) is 5. The van der Waals surface area contributed by atoms with E-state index in [2.05, 4.69) is 10.6 Å². The average molecular weight is 642 g/mol. The zero-order chi connectivity index (χ0) is 32.7. The van der Waals surface area contributed by atoms with Crippen molar-refractivity contribution in [2.75, 3.05) is 13.1 Å². The number of fused-ring (bicyclic) bond motifs is 3. The topological polar surface area (TPSA) is 128 Å². The van der Waals surface area contributed by atoms with Crippen molar-refractivity contribution in [1.29, 1.82) is 5.41 Å². The van der Waals surface area contributed by atoms with Gasteiger partial charge < -0.3 is 21.3 Å². The first kappa shape index (κ1) is 31.1. The van der Waals surface area contributed by atoms with E-state index >= 15 is 0 Å². The maximum absolute atomic E-state index is 15.0. The van der Waals surface area contributed by atoms with Gasteiger partial charge in [-0.3, -0.25) is 19.8 Å². The summed E-state index contributed by atoms with van der Waals surface area (Å²) in [6.07, 6.45) is 0.407. The highest BCUT2D eigenvalue weighted by atomic mass is 32.1. The molecule has 46 heavy (non-hydrogen) atoms. The smallest absolute Gasteiger partial charge is 0.299 e. The number of likely N-dealkylation sites (tertiary alicyclic amines) is 1. The van der Waals surface area contributed by atoms with Crippen LogP contribution in [0.1, 0.15) is 68.4 Å². The molecule has 1 saturated heterocycles. The maximum atomic E-state index is 15.0. The van der Waals surface area contributed by atoms with Crippen LogP contribution in [-0.2, 0) is 15.5 Å². The minimum Gasteiger partial charge on any atom is -0.384 e. The van der Waals surface area contributed by atoms with E-state index in [1.165, 1.54) is 40.5 Å². The molecule has 2 heterocycles. The number of carbonyl (C=O) groups excluding carboxylic acids is 3. The molecule has 2 aliphatic rings. The van der Waals surface area contributed by atoms with Crippen LogP contribution >= 0.6 is 11.3 Å². The van der Waals surface area contributed by atoms with Crippen molar-refractivity contribution in [3.63, 3.8) is 0 Å². The molecule has 4 aromatic rings. The van der Waals surface area contributed by atoms with Crippen molar-refractivity contribution >= 4 is 34.9 Å². The fourth-order valence-electron chi connectivity index (χ4n) is 6.41. The van der Waals surface area contributed by atoms with Crippen molar-refractivity contribution in [3.05, 3.63) is 116 Å². The number of nitrogens with two attached hydrogens (primary N) is 1. The quantitative estimate of drug-likeness (QED) is 0.151. The van der Waals surface area contributed by atoms with E-state index in [0.29, 0.717) is 24.1 Å². The number of thiophene rings is 1. The molecule has 1 aliphatic heterocycles. The first-order chi connectivity index (χ1) is 22.0. The van der Waals surface area contributed by atoms with Crippen molar-refractivity contribution in [1.82, 2.24) is 15.5 Å². The van der Waals surface area contributed by atoms with Gasteiger partial charge in [0.1, 0.15) is 11.9 Å². The first-order valence-electron chi connectivity index (χ1n) is 14.9. The minimum atomic E-state index is -3.16. The molecule has 3 amide bonds. The molecule has 2 unspecified atom stereocenters. The molecule has 8 nitrogen and oxygen atoms in total. The summed E-state index contributed by atoms with van der Waals surface area (Å²) in [5.74, 6) is -4.63. The molecule has 1 aromatic heterocycles. The molecule has 11 heteroatoms. The highest BCUT2D eigenvalue weighted by Gasteiger charge is 2.44. The van der Waals surface area contributed by atoms with Crippen LogP contribution in [0.5, 0.6) is 0 Å². The molecule has 3 atom stereocenters. The summed E-state index contributed by atoms with van der Waals surface area (Å²) in [6.45, 7) is 3.75. The van der Waals surface area contributed by atoms with E-state index in [-0.39, 0.29) is 52.5 Å². The summed E-state index contributed by atoms with van der Waals surface area (Å²) in [6, 6.07) is 18.7. The monoisotopic (exact) mass is 641 g/mol. The van der Waals surface area contributed by atoms with Crippen LogP contribution in [-0.4, -0.2) is 47.6 Å². The lowest BCUT2D eigenvalue weighted by Gasteiger charge is -2.25. The van der Waals surface area contributed by atoms with Crippen LogP contribution < -0.4 is 16.4 Å². The van der Waals surface area contributed by atoms with Crippen LogP contribution in [0.3, 0.4) is 0 Å². The third-order valence-electron chi connectivity index (χ3n) is 8.84. The predicted octanol–water partition coefficient (Wildman–Crippen LogP) is 5.45. The van der Waals surface area contributed by atoms with Crippen LogP contribution in [0.15, 0.2) is 78.2 Å². The number of halogens is 2. The fraction of sp³-hybridized carbons (Fsp3) is 0.257. The van der Waals surface area contributed by atoms with Crippen molar-refractivity contribution < 1.29 is 23.2 Å². The number of rotatable bonds is 8. The van der Waals surface area contributed by atoms with Crippen LogP contribution in [0.2, 0.25) is 0 Å². The van der Waals surface area contributed by atoms with Crippen LogP contribution in [0.4, 0.5) is 8.78 Å². The van der Waals surface area contributed by atoms with Gasteiger partial charge in [0.2, 0.25) is 11.8 Å². The predicted molar refractivity (Wildman–Crippen MR) is 173 cm³/mol. The SMILES string of the molecule is Cc1ccccc1C1CC(C(=O)N[C@H](C)c2cc(C(=N)N)cs2)N(C(=O)CNC(=O)c2ccc3c(c2)-c2ccccc2C3(F)F)C1. The second kappa shape index (κ2) is 12.1. The fourth-order valence-corrected chi connectivity index (χ4v) is 7.33. The molecule has 0 radical (unpaired) electrons. The summed E-state index contributed by atoms with van der Waals surface area (Å²) in [7, 11) is 0. The highest BCUT2D eigenvalue weighted by molar-refractivity contribution is 7.10. The molecule has 5 N–H and O–H groups in total.